The molecule has 6 heterocycles. The van der Waals surface area contributed by atoms with E-state index < -0.39 is 23.2 Å². The number of hydrogen-bond acceptors (Lipinski definition) is 15. The Balaban J connectivity index is 0.000000102. The number of piperidine rings is 3. The van der Waals surface area contributed by atoms with Gasteiger partial charge in [0.1, 0.15) is 18.0 Å². The van der Waals surface area contributed by atoms with Crippen LogP contribution in [0.3, 0.4) is 0 Å². The number of likely N-dealkylation sites (N-methyl/N-ethyl adjacent to an activating group) is 3. The van der Waals surface area contributed by atoms with Crippen LogP contribution >= 0.6 is 0 Å². The zero-order valence-electron chi connectivity index (χ0n) is 47.4. The van der Waals surface area contributed by atoms with Crippen LogP contribution in [0.15, 0.2) is 72.8 Å². The second-order valence-corrected chi connectivity index (χ2v) is 26.1. The molecule has 6 aliphatic carbocycles. The molecule has 2 saturated carbocycles. The van der Waals surface area contributed by atoms with Crippen LogP contribution in [-0.2, 0) is 45.1 Å². The molecule has 5 fully saturated rings. The smallest absolute Gasteiger partial charge is 0.174 e. The van der Waals surface area contributed by atoms with Gasteiger partial charge in [0.2, 0.25) is 0 Å². The fraction of sp³-hybridized carbons (Fsp3) is 0.569. The summed E-state index contributed by atoms with van der Waals surface area (Å²) in [7, 11) is 10.6. The molecule has 15 atom stereocenters. The van der Waals surface area contributed by atoms with Crippen molar-refractivity contribution < 1.29 is 54.4 Å². The standard InChI is InChI=1S/C17H19NO4.2C17H19NO3.C14H23NO/c1-18-7-6-16-13-9-2-3-10(19)14(13)22-15(16)11(20)4-5-17(16,21)12(18)8-9;2*1-18-7-6-17-10-3-5-13(20)16(17)21-15-12(19)4-2-9(14(15)17)8-11(10)18;1-5-14(11(2)10-15(3)4)12-7-6-8-13(16)9-12/h2-3,12,15,19,21H,4-8H2,1H3;2,4,10-11,16,19H,3,5-8H2,1H3;2-5,10-11,13,16,19-20H,6-8H2,1H3;6-9,11,14,16H,5,10H2,1-4H3/t12-,15+,16+,17-;10-,11+,16-,17-;10-,11+,13-,16-,17-;11-,14+/m1000/s1. The van der Waals surface area contributed by atoms with E-state index in [0.717, 1.165) is 87.8 Å². The predicted molar refractivity (Wildman–Crippen MR) is 301 cm³/mol. The zero-order valence-corrected chi connectivity index (χ0v) is 47.4. The summed E-state index contributed by atoms with van der Waals surface area (Å²) in [5.41, 5.74) is 6.17. The Morgan fingerprint density at radius 2 is 1.26 bits per heavy atom. The summed E-state index contributed by atoms with van der Waals surface area (Å²) in [4.78, 5) is 34.3. The fourth-order valence-electron chi connectivity index (χ4n) is 18.7. The van der Waals surface area contributed by atoms with Gasteiger partial charge >= 0.3 is 0 Å². The molecule has 15 nitrogen and oxygen atoms in total. The Hall–Kier alpha value is -5.68. The molecule has 426 valence electrons. The van der Waals surface area contributed by atoms with E-state index in [0.29, 0.717) is 84.4 Å². The van der Waals surface area contributed by atoms with Gasteiger partial charge < -0.3 is 64.4 Å². The van der Waals surface area contributed by atoms with E-state index in [2.05, 4.69) is 73.8 Å². The van der Waals surface area contributed by atoms with E-state index in [1.165, 1.54) is 22.3 Å². The Kier molecular flexibility index (Phi) is 12.9. The normalized spacial score (nSPS) is 36.2. The monoisotopic (exact) mass is 1090 g/mol. The van der Waals surface area contributed by atoms with Crippen LogP contribution in [0.2, 0.25) is 0 Å². The lowest BCUT2D eigenvalue weighted by Gasteiger charge is -2.61. The average Bonchev–Trinajstić information content (AvgIpc) is 3.46. The highest BCUT2D eigenvalue weighted by Gasteiger charge is 2.73. The molecule has 6 bridgehead atoms. The molecule has 3 saturated heterocycles. The van der Waals surface area contributed by atoms with Crippen molar-refractivity contribution in [3.63, 3.8) is 0 Å². The first-order valence-corrected chi connectivity index (χ1v) is 29.5. The van der Waals surface area contributed by atoms with Gasteiger partial charge in [-0.15, -0.1) is 0 Å². The predicted octanol–water partition coefficient (Wildman–Crippen LogP) is 6.66. The molecule has 3 spiro atoms. The van der Waals surface area contributed by atoms with Crippen molar-refractivity contribution >= 4 is 11.6 Å². The van der Waals surface area contributed by atoms with E-state index in [1.54, 1.807) is 24.3 Å². The number of ketones is 2. The van der Waals surface area contributed by atoms with Crippen LogP contribution < -0.4 is 14.2 Å². The molecule has 0 aromatic heterocycles. The SMILES string of the molecule is CC[C@@H](c1cccc(O)c1)[C@@H](C)CN(C)C.CN1CC[C@]23c4c5ccc(O)c4O[C@H]2C(=O)CC[C@@]3(O)[C@H]1C5.CN1CC[C@]23c4c5ccc(O)c4O[C@H]2C(=O)CC[C@H]3[C@H]1C5.CN1CC[C@]23c4c5ccc(O)c4O[C@H]2[C@@H](O)C=C[C@H]3[C@H]1C5. The van der Waals surface area contributed by atoms with Crippen molar-refractivity contribution in [1.29, 1.82) is 0 Å². The minimum atomic E-state index is -0.954. The summed E-state index contributed by atoms with van der Waals surface area (Å²) in [6, 6.07) is 19.7. The Bertz CT molecular complexity index is 3190. The van der Waals surface area contributed by atoms with E-state index in [4.69, 9.17) is 14.2 Å². The number of benzene rings is 4. The number of phenols is 4. The summed E-state index contributed by atoms with van der Waals surface area (Å²) < 4.78 is 18.1. The first kappa shape index (κ1) is 53.6. The minimum absolute atomic E-state index is 0.00319. The highest BCUT2D eigenvalue weighted by Crippen LogP contribution is 2.66. The number of aliphatic hydroxyl groups is 2. The fourth-order valence-corrected chi connectivity index (χ4v) is 18.7. The maximum Gasteiger partial charge on any atom is 0.174 e. The molecule has 4 aromatic carbocycles. The number of phenolic OH excluding ortho intramolecular Hbond substituents is 4. The van der Waals surface area contributed by atoms with E-state index in [9.17, 15) is 40.2 Å². The van der Waals surface area contributed by atoms with Gasteiger partial charge in [-0.25, -0.2) is 0 Å². The van der Waals surface area contributed by atoms with Gasteiger partial charge in [-0.2, -0.15) is 0 Å². The van der Waals surface area contributed by atoms with Gasteiger partial charge in [0.05, 0.1) is 11.0 Å². The maximum absolute atomic E-state index is 12.5. The molecule has 80 heavy (non-hydrogen) atoms. The van der Waals surface area contributed by atoms with E-state index in [-0.39, 0.29) is 57.9 Å². The van der Waals surface area contributed by atoms with Crippen LogP contribution in [0, 0.1) is 17.8 Å². The number of aromatic hydroxyl groups is 4. The number of rotatable bonds is 5. The van der Waals surface area contributed by atoms with Gasteiger partial charge in [-0.3, -0.25) is 9.59 Å². The van der Waals surface area contributed by atoms with Crippen LogP contribution in [0.1, 0.15) is 110 Å². The maximum atomic E-state index is 12.5. The molecule has 0 amide bonds. The average molecular weight is 1090 g/mol. The summed E-state index contributed by atoms with van der Waals surface area (Å²) in [5, 5.41) is 62.2. The van der Waals surface area contributed by atoms with Gasteiger partial charge in [0, 0.05) is 71.0 Å². The third kappa shape index (κ3) is 7.44. The molecule has 15 heteroatoms. The van der Waals surface area contributed by atoms with E-state index >= 15 is 0 Å². The lowest BCUT2D eigenvalue weighted by atomic mass is 9.49. The lowest BCUT2D eigenvalue weighted by molar-refractivity contribution is -0.185. The molecular formula is C65H80N4O11. The van der Waals surface area contributed by atoms with Crippen molar-refractivity contribution in [1.82, 2.24) is 19.6 Å². The number of hydrogen-bond donors (Lipinski definition) is 6. The molecular weight excluding hydrogens is 1010 g/mol. The molecule has 12 aliphatic rings. The molecule has 0 unspecified atom stereocenters. The summed E-state index contributed by atoms with van der Waals surface area (Å²) >= 11 is 0. The number of Topliss-reactive ketones (excluding diaryl/α,β-unsaturated/α-hetero) is 2. The van der Waals surface area contributed by atoms with Crippen LogP contribution in [0.4, 0.5) is 0 Å². The summed E-state index contributed by atoms with van der Waals surface area (Å²) in [6.07, 6.45) is 11.1. The van der Waals surface area contributed by atoms with Crippen LogP contribution in [0.5, 0.6) is 40.2 Å². The summed E-state index contributed by atoms with van der Waals surface area (Å²) in [5.74, 6) is 4.74. The van der Waals surface area contributed by atoms with E-state index in [1.807, 2.05) is 43.5 Å². The number of carbonyl (C=O) groups excluding carboxylic acids is 2. The van der Waals surface area contributed by atoms with Crippen LogP contribution in [-0.4, -0.2) is 171 Å². The minimum Gasteiger partial charge on any atom is -0.508 e. The van der Waals surface area contributed by atoms with Crippen molar-refractivity contribution in [2.24, 2.45) is 17.8 Å². The number of aliphatic hydroxyl groups excluding tert-OH is 1. The number of likely N-dealkylation sites (tertiary alicyclic amines) is 3. The summed E-state index contributed by atoms with van der Waals surface area (Å²) in [6.45, 7) is 8.40. The quantitative estimate of drug-likeness (QED) is 0.116. The topological polar surface area (TPSA) is 196 Å². The van der Waals surface area contributed by atoms with Gasteiger partial charge in [0.15, 0.2) is 58.3 Å². The first-order valence-electron chi connectivity index (χ1n) is 29.5. The molecule has 4 aromatic rings. The Morgan fingerprint density at radius 3 is 1.94 bits per heavy atom. The molecule has 6 N–H and O–H groups in total. The van der Waals surface area contributed by atoms with Crippen molar-refractivity contribution in [2.45, 2.75) is 155 Å². The lowest BCUT2D eigenvalue weighted by Crippen LogP contribution is -2.76. The van der Waals surface area contributed by atoms with Crippen molar-refractivity contribution in [3.05, 3.63) is 112 Å². The van der Waals surface area contributed by atoms with Crippen molar-refractivity contribution in [2.75, 3.05) is 61.4 Å². The highest BCUT2D eigenvalue weighted by molar-refractivity contribution is 5.90. The first-order chi connectivity index (χ1) is 38.3. The Labute approximate surface area is 469 Å². The number of nitrogens with zero attached hydrogens (tertiary/aromatic N) is 4. The Morgan fingerprint density at radius 1 is 0.675 bits per heavy atom. The molecule has 16 rings (SSSR count). The van der Waals surface area contributed by atoms with Gasteiger partial charge in [0.25, 0.3) is 0 Å². The molecule has 0 radical (unpaired) electrons. The third-order valence-electron chi connectivity index (χ3n) is 22.1. The molecule has 6 aliphatic heterocycles. The van der Waals surface area contributed by atoms with Gasteiger partial charge in [-0.1, -0.05) is 56.3 Å². The third-order valence-corrected chi connectivity index (χ3v) is 22.1. The zero-order chi connectivity index (χ0) is 56.1. The highest BCUT2D eigenvalue weighted by atomic mass is 16.5. The second-order valence-electron chi connectivity index (χ2n) is 26.1. The largest absolute Gasteiger partial charge is 0.508 e. The van der Waals surface area contributed by atoms with Crippen LogP contribution in [0.25, 0.3) is 0 Å². The second kappa shape index (κ2) is 19.2. The number of carbonyl (C=O) groups is 2. The van der Waals surface area contributed by atoms with Gasteiger partial charge in [-0.05, 0) is 183 Å². The van der Waals surface area contributed by atoms with Crippen molar-refractivity contribution in [3.8, 4) is 40.2 Å². The number of ether oxygens (including phenoxy) is 3.